The molecule has 0 unspecified atom stereocenters. The summed E-state index contributed by atoms with van der Waals surface area (Å²) in [4.78, 5) is 16.9. The van der Waals surface area contributed by atoms with Gasteiger partial charge in [0.25, 0.3) is 0 Å². The van der Waals surface area contributed by atoms with Crippen LogP contribution in [-0.4, -0.2) is 36.3 Å². The minimum absolute atomic E-state index is 0.0145. The van der Waals surface area contributed by atoms with Crippen molar-refractivity contribution < 1.29 is 22.7 Å². The number of rotatable bonds is 5. The summed E-state index contributed by atoms with van der Waals surface area (Å²) < 4.78 is 41.9. The van der Waals surface area contributed by atoms with Gasteiger partial charge in [0.15, 0.2) is 0 Å². The highest BCUT2D eigenvalue weighted by molar-refractivity contribution is 5.64. The van der Waals surface area contributed by atoms with Crippen LogP contribution in [0.3, 0.4) is 0 Å². The van der Waals surface area contributed by atoms with Crippen molar-refractivity contribution in [1.29, 1.82) is 0 Å². The van der Waals surface area contributed by atoms with Gasteiger partial charge >= 0.3 is 12.3 Å². The number of ether oxygens (including phenoxy) is 1. The molecule has 4 N–H and O–H groups in total. The molecular weight excluding hydrogens is 267 g/mol. The van der Waals surface area contributed by atoms with Crippen LogP contribution in [0.15, 0.2) is 6.07 Å². The second-order valence-electron chi connectivity index (χ2n) is 3.30. The Morgan fingerprint density at radius 1 is 1.42 bits per heavy atom. The molecular formula is C9H12F3N5O2. The van der Waals surface area contributed by atoms with Crippen LogP contribution in [-0.2, 0) is 10.9 Å². The number of nitrogens with one attached hydrogen (secondary N) is 2. The van der Waals surface area contributed by atoms with Crippen molar-refractivity contribution in [3.63, 3.8) is 0 Å². The molecule has 106 valence electrons. The maximum Gasteiger partial charge on any atom is 0.451 e. The molecule has 7 nitrogen and oxygen atoms in total. The number of carbonyl (C=O) groups is 1. The summed E-state index contributed by atoms with van der Waals surface area (Å²) >= 11 is 0. The lowest BCUT2D eigenvalue weighted by Crippen LogP contribution is -2.20. The largest absolute Gasteiger partial charge is 0.451 e. The first kappa shape index (κ1) is 14.8. The van der Waals surface area contributed by atoms with E-state index in [1.165, 1.54) is 13.1 Å². The third kappa shape index (κ3) is 4.85. The Kier molecular flexibility index (Phi) is 4.73. The van der Waals surface area contributed by atoms with Gasteiger partial charge in [0, 0.05) is 13.1 Å². The van der Waals surface area contributed by atoms with Gasteiger partial charge in [-0.3, -0.25) is 0 Å². The maximum atomic E-state index is 12.5. The minimum atomic E-state index is -4.65. The summed E-state index contributed by atoms with van der Waals surface area (Å²) in [7, 11) is 1.43. The normalized spacial score (nSPS) is 10.9. The number of carbonyl (C=O) groups excluding carboxylic acids is 1. The van der Waals surface area contributed by atoms with E-state index in [-0.39, 0.29) is 24.8 Å². The molecule has 0 radical (unpaired) electrons. The van der Waals surface area contributed by atoms with E-state index in [1.54, 1.807) is 0 Å². The highest BCUT2D eigenvalue weighted by Gasteiger charge is 2.35. The minimum Gasteiger partial charge on any atom is -0.448 e. The highest BCUT2D eigenvalue weighted by Crippen LogP contribution is 2.28. The Balaban J connectivity index is 2.74. The number of nitrogens with zero attached hydrogens (tertiary/aromatic N) is 2. The van der Waals surface area contributed by atoms with Crippen molar-refractivity contribution in [2.45, 2.75) is 6.18 Å². The highest BCUT2D eigenvalue weighted by atomic mass is 19.4. The molecule has 19 heavy (non-hydrogen) atoms. The molecule has 1 amide bonds. The number of alkyl halides is 3. The number of hydrogen-bond acceptors (Lipinski definition) is 6. The fourth-order valence-corrected chi connectivity index (χ4v) is 1.12. The van der Waals surface area contributed by atoms with E-state index < -0.39 is 18.1 Å². The van der Waals surface area contributed by atoms with E-state index in [4.69, 9.17) is 5.73 Å². The number of hydrogen-bond donors (Lipinski definition) is 3. The quantitative estimate of drug-likeness (QED) is 0.696. The molecule has 1 aromatic heterocycles. The zero-order valence-electron chi connectivity index (χ0n) is 9.91. The lowest BCUT2D eigenvalue weighted by atomic mass is 10.4. The smallest absolute Gasteiger partial charge is 0.448 e. The fraction of sp³-hybridized carbons (Fsp3) is 0.444. The van der Waals surface area contributed by atoms with Gasteiger partial charge in [0.05, 0.1) is 6.54 Å². The molecule has 0 aliphatic rings. The lowest BCUT2D eigenvalue weighted by molar-refractivity contribution is -0.144. The second kappa shape index (κ2) is 6.07. The van der Waals surface area contributed by atoms with Crippen LogP contribution in [0.5, 0.6) is 0 Å². The summed E-state index contributed by atoms with van der Waals surface area (Å²) in [6, 6.07) is 1.29. The average Bonchev–Trinajstić information content (AvgIpc) is 2.33. The molecule has 0 bridgehead atoms. The van der Waals surface area contributed by atoms with Gasteiger partial charge < -0.3 is 21.1 Å². The first-order chi connectivity index (χ1) is 8.82. The summed E-state index contributed by atoms with van der Waals surface area (Å²) in [5.41, 5.74) is 4.73. The molecule has 1 aromatic rings. The zero-order valence-corrected chi connectivity index (χ0v) is 9.91. The Hall–Kier alpha value is -2.26. The van der Waals surface area contributed by atoms with Crippen molar-refractivity contribution in [2.24, 2.45) is 5.73 Å². The Labute approximate surface area is 106 Å². The molecule has 0 spiro atoms. The number of amides is 1. The molecule has 10 heteroatoms. The van der Waals surface area contributed by atoms with Crippen molar-refractivity contribution in [3.8, 4) is 0 Å². The van der Waals surface area contributed by atoms with Gasteiger partial charge in [0.1, 0.15) is 18.2 Å². The van der Waals surface area contributed by atoms with Crippen LogP contribution in [0.4, 0.5) is 29.6 Å². The number of aromatic nitrogens is 2. The van der Waals surface area contributed by atoms with Gasteiger partial charge in [-0.05, 0) is 0 Å². The first-order valence-electron chi connectivity index (χ1n) is 5.13. The van der Waals surface area contributed by atoms with Gasteiger partial charge in [-0.15, -0.1) is 0 Å². The van der Waals surface area contributed by atoms with Crippen LogP contribution in [0.2, 0.25) is 0 Å². The van der Waals surface area contributed by atoms with E-state index >= 15 is 0 Å². The summed E-state index contributed by atoms with van der Waals surface area (Å²) in [5.74, 6) is -1.29. The van der Waals surface area contributed by atoms with Crippen LogP contribution >= 0.6 is 0 Å². The number of primary amides is 1. The Morgan fingerprint density at radius 2 is 2.05 bits per heavy atom. The molecule has 0 aliphatic carbocycles. The summed E-state index contributed by atoms with van der Waals surface area (Å²) in [6.45, 7) is -0.0179. The SMILES string of the molecule is CNc1cc(NCCOC(N)=O)nc(C(F)(F)F)n1. The van der Waals surface area contributed by atoms with Crippen molar-refractivity contribution in [3.05, 3.63) is 11.9 Å². The molecule has 0 atom stereocenters. The van der Waals surface area contributed by atoms with Gasteiger partial charge in [0.2, 0.25) is 5.82 Å². The Morgan fingerprint density at radius 3 is 2.58 bits per heavy atom. The average molecular weight is 279 g/mol. The molecule has 0 fully saturated rings. The van der Waals surface area contributed by atoms with Crippen LogP contribution < -0.4 is 16.4 Å². The summed E-state index contributed by atoms with van der Waals surface area (Å²) in [6.07, 6.45) is -5.61. The number of anilines is 2. The van der Waals surface area contributed by atoms with Crippen molar-refractivity contribution in [1.82, 2.24) is 9.97 Å². The third-order valence-electron chi connectivity index (χ3n) is 1.89. The van der Waals surface area contributed by atoms with Crippen LogP contribution in [0.1, 0.15) is 5.82 Å². The predicted octanol–water partition coefficient (Wildman–Crippen LogP) is 1.04. The lowest BCUT2D eigenvalue weighted by Gasteiger charge is -2.11. The maximum absolute atomic E-state index is 12.5. The van der Waals surface area contributed by atoms with Gasteiger partial charge in [-0.2, -0.15) is 13.2 Å². The van der Waals surface area contributed by atoms with Crippen LogP contribution in [0.25, 0.3) is 0 Å². The number of nitrogens with two attached hydrogens (primary N) is 1. The third-order valence-corrected chi connectivity index (χ3v) is 1.89. The second-order valence-corrected chi connectivity index (χ2v) is 3.30. The van der Waals surface area contributed by atoms with Gasteiger partial charge in [-0.25, -0.2) is 14.8 Å². The van der Waals surface area contributed by atoms with E-state index in [2.05, 4.69) is 25.3 Å². The Bertz CT molecular complexity index is 452. The van der Waals surface area contributed by atoms with E-state index in [0.29, 0.717) is 0 Å². The first-order valence-corrected chi connectivity index (χ1v) is 5.13. The standard InChI is InChI=1S/C9H12F3N5O2/c1-14-5-4-6(15-2-3-19-8(13)18)17-7(16-5)9(10,11)12/h4H,2-3H2,1H3,(H2,13,18)(H2,14,15,16,17). The van der Waals surface area contributed by atoms with E-state index in [1.807, 2.05) is 0 Å². The van der Waals surface area contributed by atoms with E-state index in [9.17, 15) is 18.0 Å². The topological polar surface area (TPSA) is 102 Å². The number of halogens is 3. The fourth-order valence-electron chi connectivity index (χ4n) is 1.12. The molecule has 0 aliphatic heterocycles. The van der Waals surface area contributed by atoms with Crippen molar-refractivity contribution in [2.75, 3.05) is 30.8 Å². The van der Waals surface area contributed by atoms with Crippen molar-refractivity contribution >= 4 is 17.7 Å². The summed E-state index contributed by atoms with van der Waals surface area (Å²) in [5, 5.41) is 5.06. The van der Waals surface area contributed by atoms with E-state index in [0.717, 1.165) is 0 Å². The molecule has 0 saturated heterocycles. The molecule has 1 heterocycles. The molecule has 0 saturated carbocycles. The monoisotopic (exact) mass is 279 g/mol. The molecule has 1 rings (SSSR count). The zero-order chi connectivity index (χ0) is 14.5. The van der Waals surface area contributed by atoms with Crippen LogP contribution in [0, 0.1) is 0 Å². The molecule has 0 aromatic carbocycles. The van der Waals surface area contributed by atoms with Gasteiger partial charge in [-0.1, -0.05) is 0 Å². The predicted molar refractivity (Wildman–Crippen MR) is 60.6 cm³/mol.